The third kappa shape index (κ3) is 6.30. The van der Waals surface area contributed by atoms with E-state index in [0.717, 1.165) is 11.3 Å². The molecular formula is C18H28N2O3. The minimum Gasteiger partial charge on any atom is -0.453 e. The van der Waals surface area contributed by atoms with Crippen LogP contribution < -0.4 is 5.32 Å². The first kappa shape index (κ1) is 19.0. The van der Waals surface area contributed by atoms with Crippen molar-refractivity contribution in [3.8, 4) is 0 Å². The predicted octanol–water partition coefficient (Wildman–Crippen LogP) is 3.90. The molecule has 1 unspecified atom stereocenters. The van der Waals surface area contributed by atoms with E-state index >= 15 is 0 Å². The molecule has 0 aliphatic heterocycles. The van der Waals surface area contributed by atoms with Gasteiger partial charge in [0.05, 0.1) is 7.11 Å². The van der Waals surface area contributed by atoms with Gasteiger partial charge in [-0.05, 0) is 29.0 Å². The van der Waals surface area contributed by atoms with Crippen molar-refractivity contribution in [2.24, 2.45) is 11.3 Å². The molecule has 0 saturated heterocycles. The molecule has 0 aliphatic carbocycles. The van der Waals surface area contributed by atoms with Crippen LogP contribution in [0, 0.1) is 11.3 Å². The number of nitrogens with zero attached hydrogens (tertiary/aromatic N) is 1. The van der Waals surface area contributed by atoms with E-state index in [1.807, 2.05) is 24.3 Å². The number of nitrogens with one attached hydrogen (secondary N) is 1. The molecule has 1 rings (SSSR count). The Morgan fingerprint density at radius 3 is 2.26 bits per heavy atom. The molecule has 1 aromatic carbocycles. The van der Waals surface area contributed by atoms with Crippen molar-refractivity contribution in [1.82, 2.24) is 4.90 Å². The van der Waals surface area contributed by atoms with Gasteiger partial charge in [0.15, 0.2) is 0 Å². The molecule has 0 aromatic heterocycles. The van der Waals surface area contributed by atoms with Crippen molar-refractivity contribution >= 4 is 17.7 Å². The number of rotatable bonds is 5. The Kier molecular flexibility index (Phi) is 6.61. The van der Waals surface area contributed by atoms with Crippen LogP contribution in [-0.2, 0) is 16.1 Å². The number of carbonyl (C=O) groups is 2. The summed E-state index contributed by atoms with van der Waals surface area (Å²) in [6.07, 6.45) is 0.120. The summed E-state index contributed by atoms with van der Waals surface area (Å²) < 4.78 is 4.65. The second-order valence-electron chi connectivity index (χ2n) is 7.04. The number of benzene rings is 1. The van der Waals surface area contributed by atoms with Gasteiger partial charge in [0.1, 0.15) is 0 Å². The largest absolute Gasteiger partial charge is 0.453 e. The van der Waals surface area contributed by atoms with Crippen molar-refractivity contribution in [2.75, 3.05) is 19.5 Å². The van der Waals surface area contributed by atoms with E-state index in [1.165, 1.54) is 12.0 Å². The molecule has 1 atom stereocenters. The highest BCUT2D eigenvalue weighted by Crippen LogP contribution is 2.28. The minimum absolute atomic E-state index is 0.0202. The fourth-order valence-corrected chi connectivity index (χ4v) is 1.98. The summed E-state index contributed by atoms with van der Waals surface area (Å²) in [5.74, 6) is 0.322. The summed E-state index contributed by atoms with van der Waals surface area (Å²) in [5.41, 5.74) is 1.85. The normalized spacial score (nSPS) is 12.4. The highest BCUT2D eigenvalue weighted by Gasteiger charge is 2.22. The first-order valence-corrected chi connectivity index (χ1v) is 7.81. The van der Waals surface area contributed by atoms with Gasteiger partial charge < -0.3 is 15.0 Å². The molecule has 1 aromatic rings. The smallest absolute Gasteiger partial charge is 0.409 e. The number of carbonyl (C=O) groups excluding carboxylic acids is 2. The first-order valence-electron chi connectivity index (χ1n) is 7.81. The standard InChI is InChI=1S/C18H28N2O3/c1-13(18(2,3)4)11-16(21)19-15-9-7-14(8-10-15)12-20(5)17(22)23-6/h7-10,13H,11-12H2,1-6H3,(H,19,21). The van der Waals surface area contributed by atoms with Crippen molar-refractivity contribution in [2.45, 2.75) is 40.7 Å². The number of hydrogen-bond donors (Lipinski definition) is 1. The second kappa shape index (κ2) is 7.99. The zero-order chi connectivity index (χ0) is 17.6. The van der Waals surface area contributed by atoms with E-state index < -0.39 is 0 Å². The molecule has 128 valence electrons. The predicted molar refractivity (Wildman–Crippen MR) is 92.2 cm³/mol. The summed E-state index contributed by atoms with van der Waals surface area (Å²) in [7, 11) is 3.03. The van der Waals surface area contributed by atoms with Crippen molar-refractivity contribution in [1.29, 1.82) is 0 Å². The number of hydrogen-bond acceptors (Lipinski definition) is 3. The van der Waals surface area contributed by atoms with E-state index in [1.54, 1.807) is 7.05 Å². The second-order valence-corrected chi connectivity index (χ2v) is 7.04. The Bertz CT molecular complexity index is 532. The molecule has 5 heteroatoms. The number of methoxy groups -OCH3 is 1. The third-order valence-corrected chi connectivity index (χ3v) is 4.11. The molecule has 23 heavy (non-hydrogen) atoms. The molecule has 0 heterocycles. The molecule has 5 nitrogen and oxygen atoms in total. The van der Waals surface area contributed by atoms with Crippen molar-refractivity contribution < 1.29 is 14.3 Å². The SMILES string of the molecule is COC(=O)N(C)Cc1ccc(NC(=O)CC(C)C(C)(C)C)cc1. The maximum Gasteiger partial charge on any atom is 0.409 e. The molecule has 0 spiro atoms. The number of anilines is 1. The Balaban J connectivity index is 2.57. The minimum atomic E-state index is -0.376. The Labute approximate surface area is 139 Å². The van der Waals surface area contributed by atoms with E-state index in [-0.39, 0.29) is 17.4 Å². The van der Waals surface area contributed by atoms with E-state index in [9.17, 15) is 9.59 Å². The van der Waals surface area contributed by atoms with Gasteiger partial charge in [-0.25, -0.2) is 4.79 Å². The maximum absolute atomic E-state index is 12.1. The zero-order valence-corrected chi connectivity index (χ0v) is 15.0. The molecule has 2 amide bonds. The van der Waals surface area contributed by atoms with Gasteiger partial charge >= 0.3 is 6.09 Å². The monoisotopic (exact) mass is 320 g/mol. The van der Waals surface area contributed by atoms with Gasteiger partial charge in [0, 0.05) is 25.7 Å². The van der Waals surface area contributed by atoms with Crippen LogP contribution >= 0.6 is 0 Å². The lowest BCUT2D eigenvalue weighted by Gasteiger charge is -2.26. The quantitative estimate of drug-likeness (QED) is 0.895. The highest BCUT2D eigenvalue weighted by molar-refractivity contribution is 5.90. The van der Waals surface area contributed by atoms with Crippen LogP contribution in [0.3, 0.4) is 0 Å². The molecule has 0 fully saturated rings. The van der Waals surface area contributed by atoms with Gasteiger partial charge in [-0.15, -0.1) is 0 Å². The molecule has 0 saturated carbocycles. The summed E-state index contributed by atoms with van der Waals surface area (Å²) in [6.45, 7) is 8.96. The van der Waals surface area contributed by atoms with Gasteiger partial charge in [0.25, 0.3) is 0 Å². The van der Waals surface area contributed by atoms with Crippen molar-refractivity contribution in [3.05, 3.63) is 29.8 Å². The van der Waals surface area contributed by atoms with E-state index in [4.69, 9.17) is 0 Å². The maximum atomic E-state index is 12.1. The summed E-state index contributed by atoms with van der Waals surface area (Å²) in [4.78, 5) is 24.9. The van der Waals surface area contributed by atoms with E-state index in [2.05, 4.69) is 37.7 Å². The van der Waals surface area contributed by atoms with Crippen LogP contribution in [0.2, 0.25) is 0 Å². The molecular weight excluding hydrogens is 292 g/mol. The van der Waals surface area contributed by atoms with Gasteiger partial charge in [-0.2, -0.15) is 0 Å². The fraction of sp³-hybridized carbons (Fsp3) is 0.556. The Morgan fingerprint density at radius 1 is 1.22 bits per heavy atom. The summed E-state index contributed by atoms with van der Waals surface area (Å²) >= 11 is 0. The lowest BCUT2D eigenvalue weighted by Crippen LogP contribution is -2.25. The topological polar surface area (TPSA) is 58.6 Å². The van der Waals surface area contributed by atoms with Crippen LogP contribution in [0.4, 0.5) is 10.5 Å². The van der Waals surface area contributed by atoms with Crippen LogP contribution in [0.1, 0.15) is 39.7 Å². The Hall–Kier alpha value is -2.04. The van der Waals surface area contributed by atoms with Gasteiger partial charge in [0.2, 0.25) is 5.91 Å². The average molecular weight is 320 g/mol. The third-order valence-electron chi connectivity index (χ3n) is 4.11. The molecule has 0 radical (unpaired) electrons. The lowest BCUT2D eigenvalue weighted by atomic mass is 9.80. The molecule has 1 N–H and O–H groups in total. The highest BCUT2D eigenvalue weighted by atomic mass is 16.5. The molecule has 0 aliphatic rings. The summed E-state index contributed by atoms with van der Waals surface area (Å²) in [5, 5.41) is 2.92. The van der Waals surface area contributed by atoms with Crippen LogP contribution in [0.15, 0.2) is 24.3 Å². The number of amides is 2. The molecule has 0 bridgehead atoms. The van der Waals surface area contributed by atoms with Crippen LogP contribution in [-0.4, -0.2) is 31.1 Å². The number of ether oxygens (including phenoxy) is 1. The zero-order valence-electron chi connectivity index (χ0n) is 15.0. The van der Waals surface area contributed by atoms with E-state index in [0.29, 0.717) is 18.9 Å². The Morgan fingerprint density at radius 2 is 1.78 bits per heavy atom. The van der Waals surface area contributed by atoms with Crippen LogP contribution in [0.25, 0.3) is 0 Å². The fourth-order valence-electron chi connectivity index (χ4n) is 1.98. The lowest BCUT2D eigenvalue weighted by molar-refractivity contribution is -0.117. The summed E-state index contributed by atoms with van der Waals surface area (Å²) in [6, 6.07) is 7.48. The van der Waals surface area contributed by atoms with Crippen molar-refractivity contribution in [3.63, 3.8) is 0 Å². The van der Waals surface area contributed by atoms with Crippen LogP contribution in [0.5, 0.6) is 0 Å². The average Bonchev–Trinajstić information content (AvgIpc) is 2.47. The van der Waals surface area contributed by atoms with Gasteiger partial charge in [-0.1, -0.05) is 39.8 Å². The van der Waals surface area contributed by atoms with Gasteiger partial charge in [-0.3, -0.25) is 4.79 Å². The first-order chi connectivity index (χ1) is 10.6.